The molecule has 0 aliphatic heterocycles. The lowest BCUT2D eigenvalue weighted by Gasteiger charge is -2.20. The first-order valence-electron chi connectivity index (χ1n) is 14.7. The van der Waals surface area contributed by atoms with Crippen LogP contribution in [-0.4, -0.2) is 35.6 Å². The number of hydrogen-bond donors (Lipinski definition) is 1. The smallest absolute Gasteiger partial charge is 0.254 e. The third-order valence-corrected chi connectivity index (χ3v) is 8.37. The molecular weight excluding hydrogens is 530 g/mol. The first-order valence-corrected chi connectivity index (χ1v) is 16.0. The predicted octanol–water partition coefficient (Wildman–Crippen LogP) is 7.48. The Balaban J connectivity index is 1.41. The Morgan fingerprint density at radius 2 is 1.49 bits per heavy atom. The quantitative estimate of drug-likeness (QED) is 0.119. The van der Waals surface area contributed by atoms with Gasteiger partial charge in [0.1, 0.15) is 0 Å². The van der Waals surface area contributed by atoms with Gasteiger partial charge in [-0.2, -0.15) is 0 Å². The van der Waals surface area contributed by atoms with Crippen molar-refractivity contribution in [1.82, 2.24) is 5.32 Å². The molecular formula is C35H45NO4S. The molecule has 0 aromatic heterocycles. The third kappa shape index (κ3) is 12.6. The van der Waals surface area contributed by atoms with Gasteiger partial charge in [0.2, 0.25) is 0 Å². The molecule has 0 bridgehead atoms. The van der Waals surface area contributed by atoms with Crippen molar-refractivity contribution in [3.63, 3.8) is 0 Å². The van der Waals surface area contributed by atoms with Gasteiger partial charge < -0.3 is 14.8 Å². The van der Waals surface area contributed by atoms with Gasteiger partial charge in [0.05, 0.1) is 29.2 Å². The molecule has 0 radical (unpaired) electrons. The van der Waals surface area contributed by atoms with E-state index in [1.807, 2.05) is 85.8 Å². The Morgan fingerprint density at radius 1 is 0.854 bits per heavy atom. The molecule has 0 heterocycles. The van der Waals surface area contributed by atoms with E-state index in [2.05, 4.69) is 23.5 Å². The monoisotopic (exact) mass is 575 g/mol. The van der Waals surface area contributed by atoms with Crippen molar-refractivity contribution in [3.8, 4) is 0 Å². The Morgan fingerprint density at radius 3 is 2.17 bits per heavy atom. The summed E-state index contributed by atoms with van der Waals surface area (Å²) in [5, 5.41) is 3.07. The van der Waals surface area contributed by atoms with Crippen molar-refractivity contribution in [1.29, 1.82) is 0 Å². The van der Waals surface area contributed by atoms with Gasteiger partial charge in [0, 0.05) is 18.6 Å². The molecule has 3 atom stereocenters. The summed E-state index contributed by atoms with van der Waals surface area (Å²) < 4.78 is 24.4. The lowest BCUT2D eigenvalue weighted by atomic mass is 10.1. The number of rotatable bonds is 19. The van der Waals surface area contributed by atoms with Crippen LogP contribution in [0, 0.1) is 6.92 Å². The number of ether oxygens (including phenoxy) is 2. The molecule has 0 unspecified atom stereocenters. The lowest BCUT2D eigenvalue weighted by Crippen LogP contribution is -2.40. The van der Waals surface area contributed by atoms with E-state index in [0.29, 0.717) is 12.4 Å². The molecule has 0 saturated carbocycles. The number of amides is 1. The van der Waals surface area contributed by atoms with Crippen molar-refractivity contribution in [2.45, 2.75) is 75.5 Å². The summed E-state index contributed by atoms with van der Waals surface area (Å²) in [7, 11) is 0.291. The average molecular weight is 576 g/mol. The molecule has 0 fully saturated rings. The topological polar surface area (TPSA) is 64.6 Å². The van der Waals surface area contributed by atoms with Crippen molar-refractivity contribution in [3.05, 3.63) is 114 Å². The van der Waals surface area contributed by atoms with E-state index in [1.165, 1.54) is 38.4 Å². The van der Waals surface area contributed by atoms with Crippen LogP contribution in [-0.2, 0) is 31.7 Å². The normalized spacial score (nSPS) is 13.6. The van der Waals surface area contributed by atoms with Crippen LogP contribution in [0.5, 0.6) is 0 Å². The van der Waals surface area contributed by atoms with Crippen LogP contribution in [0.2, 0.25) is 0 Å². The highest BCUT2D eigenvalue weighted by molar-refractivity contribution is 7.85. The van der Waals surface area contributed by atoms with Crippen LogP contribution in [0.4, 0.5) is 0 Å². The second-order valence-electron chi connectivity index (χ2n) is 10.3. The van der Waals surface area contributed by atoms with E-state index in [-0.39, 0.29) is 11.9 Å². The fourth-order valence-corrected chi connectivity index (χ4v) is 5.73. The van der Waals surface area contributed by atoms with E-state index in [4.69, 9.17) is 9.47 Å². The highest BCUT2D eigenvalue weighted by atomic mass is 32.2. The summed E-state index contributed by atoms with van der Waals surface area (Å²) >= 11 is 0. The van der Waals surface area contributed by atoms with Crippen LogP contribution >= 0.6 is 0 Å². The molecule has 3 rings (SSSR count). The number of unbranched alkanes of at least 4 members (excludes halogenated alkanes) is 6. The molecule has 1 N–H and O–H groups in total. The Kier molecular flexibility index (Phi) is 15.1. The summed E-state index contributed by atoms with van der Waals surface area (Å²) in [6.07, 6.45) is 11.3. The Bertz CT molecular complexity index is 1180. The van der Waals surface area contributed by atoms with E-state index in [0.717, 1.165) is 41.9 Å². The molecule has 3 aromatic carbocycles. The molecule has 3 aromatic rings. The zero-order chi connectivity index (χ0) is 29.1. The minimum absolute atomic E-state index is 0.234. The minimum Gasteiger partial charge on any atom is -0.377 e. The summed E-state index contributed by atoms with van der Waals surface area (Å²) in [6, 6.07) is 27.1. The molecule has 0 aliphatic carbocycles. The SMILES string of the molecule is CO[C@H](C(=O)N[C@H](/C=C/CCCCCCCCOCc1ccccc1)C[S@@](=O)c1ccc(C)cc1)c1ccccc1. The Hall–Kier alpha value is -3.06. The summed E-state index contributed by atoms with van der Waals surface area (Å²) in [5.41, 5.74) is 3.13. The van der Waals surface area contributed by atoms with Crippen LogP contribution in [0.1, 0.15) is 67.7 Å². The van der Waals surface area contributed by atoms with Gasteiger partial charge in [-0.05, 0) is 49.4 Å². The summed E-state index contributed by atoms with van der Waals surface area (Å²) in [5.74, 6) is 0.0741. The maximum absolute atomic E-state index is 13.1. The van der Waals surface area contributed by atoms with E-state index in [9.17, 15) is 9.00 Å². The highest BCUT2D eigenvalue weighted by Crippen LogP contribution is 2.17. The molecule has 0 spiro atoms. The van der Waals surface area contributed by atoms with Crippen LogP contribution in [0.3, 0.4) is 0 Å². The standard InChI is InChI=1S/C35H45NO4S/c1-29-22-24-33(25-23-29)41(38)28-32(36-35(37)34(39-2)31-19-13-10-14-20-31)21-15-7-5-3-4-6-8-16-26-40-27-30-17-11-9-12-18-30/h9-15,17-25,32,34H,3-8,16,26-28H2,1-2H3,(H,36,37)/b21-15+/t32-,34+,41-/m1/s1. The van der Waals surface area contributed by atoms with Crippen molar-refractivity contribution < 1.29 is 18.5 Å². The summed E-state index contributed by atoms with van der Waals surface area (Å²) in [4.78, 5) is 13.9. The van der Waals surface area contributed by atoms with Crippen LogP contribution in [0.15, 0.2) is 102 Å². The van der Waals surface area contributed by atoms with Crippen molar-refractivity contribution >= 4 is 16.7 Å². The van der Waals surface area contributed by atoms with E-state index < -0.39 is 16.9 Å². The number of carbonyl (C=O) groups excluding carboxylic acids is 1. The number of aryl methyl sites for hydroxylation is 1. The maximum atomic E-state index is 13.1. The molecule has 0 aliphatic rings. The zero-order valence-electron chi connectivity index (χ0n) is 24.5. The number of methoxy groups -OCH3 is 1. The molecule has 5 nitrogen and oxygen atoms in total. The lowest BCUT2D eigenvalue weighted by molar-refractivity contribution is -0.131. The zero-order valence-corrected chi connectivity index (χ0v) is 25.3. The van der Waals surface area contributed by atoms with Gasteiger partial charge in [-0.15, -0.1) is 0 Å². The molecule has 6 heteroatoms. The molecule has 0 saturated heterocycles. The predicted molar refractivity (Wildman–Crippen MR) is 168 cm³/mol. The van der Waals surface area contributed by atoms with Gasteiger partial charge >= 0.3 is 0 Å². The van der Waals surface area contributed by atoms with Crippen LogP contribution < -0.4 is 5.32 Å². The third-order valence-electron chi connectivity index (χ3n) is 6.91. The second kappa shape index (κ2) is 19.1. The Labute approximate surface area is 248 Å². The van der Waals surface area contributed by atoms with Crippen molar-refractivity contribution in [2.24, 2.45) is 0 Å². The number of nitrogens with one attached hydrogen (secondary N) is 1. The number of hydrogen-bond acceptors (Lipinski definition) is 4. The maximum Gasteiger partial charge on any atom is 0.254 e. The summed E-state index contributed by atoms with van der Waals surface area (Å²) in [6.45, 7) is 3.50. The van der Waals surface area contributed by atoms with Gasteiger partial charge in [0.15, 0.2) is 6.10 Å². The first kappa shape index (κ1) is 32.5. The number of allylic oxidation sites excluding steroid dienone is 1. The average Bonchev–Trinajstić information content (AvgIpc) is 2.99. The van der Waals surface area contributed by atoms with Gasteiger partial charge in [-0.1, -0.05) is 116 Å². The second-order valence-corrected chi connectivity index (χ2v) is 11.8. The number of carbonyl (C=O) groups is 1. The van der Waals surface area contributed by atoms with Crippen LogP contribution in [0.25, 0.3) is 0 Å². The fraction of sp³-hybridized carbons (Fsp3) is 0.400. The number of benzene rings is 3. The molecule has 1 amide bonds. The van der Waals surface area contributed by atoms with Gasteiger partial charge in [0.25, 0.3) is 5.91 Å². The van der Waals surface area contributed by atoms with E-state index in [1.54, 1.807) is 0 Å². The fourth-order valence-electron chi connectivity index (χ4n) is 4.57. The molecule has 220 valence electrons. The first-order chi connectivity index (χ1) is 20.1. The van der Waals surface area contributed by atoms with Crippen molar-refractivity contribution in [2.75, 3.05) is 19.5 Å². The molecule has 41 heavy (non-hydrogen) atoms. The van der Waals surface area contributed by atoms with E-state index >= 15 is 0 Å². The van der Waals surface area contributed by atoms with Gasteiger partial charge in [-0.3, -0.25) is 9.00 Å². The minimum atomic E-state index is -1.24. The van der Waals surface area contributed by atoms with Gasteiger partial charge in [-0.25, -0.2) is 0 Å². The highest BCUT2D eigenvalue weighted by Gasteiger charge is 2.23. The largest absolute Gasteiger partial charge is 0.377 e.